The molecule has 3 heteroatoms. The molecular weight excluding hydrogens is 220 g/mol. The average Bonchev–Trinajstić information content (AvgIpc) is 2.24. The highest BCUT2D eigenvalue weighted by Crippen LogP contribution is 2.12. The van der Waals surface area contributed by atoms with Crippen molar-refractivity contribution >= 4 is 0 Å². The van der Waals surface area contributed by atoms with Crippen LogP contribution < -0.4 is 5.32 Å². The number of likely N-dealkylation sites (N-methyl/N-ethyl adjacent to an activating group) is 1. The van der Waals surface area contributed by atoms with Crippen LogP contribution in [0.15, 0.2) is 18.2 Å². The second kappa shape index (κ2) is 7.03. The molecule has 92 valence electrons. The van der Waals surface area contributed by atoms with Crippen LogP contribution in [0.5, 0.6) is 0 Å². The summed E-state index contributed by atoms with van der Waals surface area (Å²) < 4.78 is 26.0. The van der Waals surface area contributed by atoms with Gasteiger partial charge in [0.25, 0.3) is 0 Å². The van der Waals surface area contributed by atoms with Gasteiger partial charge in [0.15, 0.2) is 0 Å². The van der Waals surface area contributed by atoms with Gasteiger partial charge >= 0.3 is 0 Å². The molecule has 0 aliphatic carbocycles. The van der Waals surface area contributed by atoms with Crippen molar-refractivity contribution in [3.05, 3.63) is 35.4 Å². The maximum Gasteiger partial charge on any atom is 0.126 e. The number of terminal acetylenes is 1. The van der Waals surface area contributed by atoms with Crippen LogP contribution in [-0.4, -0.2) is 12.6 Å². The molecule has 1 unspecified atom stereocenters. The van der Waals surface area contributed by atoms with Gasteiger partial charge in [-0.15, -0.1) is 12.3 Å². The molecule has 1 N–H and O–H groups in total. The highest BCUT2D eigenvalue weighted by Gasteiger charge is 2.09. The molecule has 17 heavy (non-hydrogen) atoms. The quantitative estimate of drug-likeness (QED) is 0.750. The molecule has 0 amide bonds. The summed E-state index contributed by atoms with van der Waals surface area (Å²) in [7, 11) is 0. The van der Waals surface area contributed by atoms with Crippen molar-refractivity contribution in [3.8, 4) is 12.3 Å². The SMILES string of the molecule is C#CCCC(Cc1cc(F)cc(F)c1)NCC. The molecule has 1 rings (SSSR count). The molecule has 0 saturated carbocycles. The Balaban J connectivity index is 2.67. The summed E-state index contributed by atoms with van der Waals surface area (Å²) in [6.07, 6.45) is 7.27. The molecule has 0 fully saturated rings. The van der Waals surface area contributed by atoms with Gasteiger partial charge in [0, 0.05) is 18.5 Å². The van der Waals surface area contributed by atoms with E-state index in [-0.39, 0.29) is 6.04 Å². The summed E-state index contributed by atoms with van der Waals surface area (Å²) in [6.45, 7) is 2.81. The van der Waals surface area contributed by atoms with Crippen LogP contribution in [0.3, 0.4) is 0 Å². The summed E-state index contributed by atoms with van der Waals surface area (Å²) in [5.74, 6) is 1.51. The van der Waals surface area contributed by atoms with Crippen molar-refractivity contribution in [2.24, 2.45) is 0 Å². The van der Waals surface area contributed by atoms with Crippen molar-refractivity contribution < 1.29 is 8.78 Å². The third-order valence-electron chi connectivity index (χ3n) is 2.53. The zero-order valence-electron chi connectivity index (χ0n) is 9.97. The maximum absolute atomic E-state index is 13.0. The number of benzene rings is 1. The predicted molar refractivity (Wildman–Crippen MR) is 65.6 cm³/mol. The monoisotopic (exact) mass is 237 g/mol. The van der Waals surface area contributed by atoms with Crippen LogP contribution in [0.4, 0.5) is 8.78 Å². The lowest BCUT2D eigenvalue weighted by molar-refractivity contribution is 0.493. The Labute approximate surface area is 101 Å². The minimum atomic E-state index is -0.535. The number of rotatable bonds is 6. The van der Waals surface area contributed by atoms with Gasteiger partial charge in [-0.3, -0.25) is 0 Å². The number of hydrogen-bond donors (Lipinski definition) is 1. The first-order valence-electron chi connectivity index (χ1n) is 5.77. The number of halogens is 2. The van der Waals surface area contributed by atoms with Crippen molar-refractivity contribution in [3.63, 3.8) is 0 Å². The van der Waals surface area contributed by atoms with E-state index in [0.717, 1.165) is 19.0 Å². The minimum absolute atomic E-state index is 0.164. The smallest absolute Gasteiger partial charge is 0.126 e. The molecule has 1 aromatic carbocycles. The lowest BCUT2D eigenvalue weighted by Crippen LogP contribution is -2.30. The first-order valence-corrected chi connectivity index (χ1v) is 5.77. The summed E-state index contributed by atoms with van der Waals surface area (Å²) in [6, 6.07) is 3.78. The fourth-order valence-electron chi connectivity index (χ4n) is 1.84. The summed E-state index contributed by atoms with van der Waals surface area (Å²) in [5.41, 5.74) is 0.658. The van der Waals surface area contributed by atoms with E-state index in [2.05, 4.69) is 11.2 Å². The van der Waals surface area contributed by atoms with Gasteiger partial charge in [-0.25, -0.2) is 8.78 Å². The first-order chi connectivity index (χ1) is 8.15. The van der Waals surface area contributed by atoms with Crippen LogP contribution >= 0.6 is 0 Å². The summed E-state index contributed by atoms with van der Waals surface area (Å²) in [5, 5.41) is 3.26. The highest BCUT2D eigenvalue weighted by atomic mass is 19.1. The van der Waals surface area contributed by atoms with Gasteiger partial charge in [0.05, 0.1) is 0 Å². The molecule has 0 radical (unpaired) electrons. The van der Waals surface area contributed by atoms with Crippen molar-refractivity contribution in [1.29, 1.82) is 0 Å². The van der Waals surface area contributed by atoms with Crippen LogP contribution in [0, 0.1) is 24.0 Å². The fourth-order valence-corrected chi connectivity index (χ4v) is 1.84. The normalized spacial score (nSPS) is 12.1. The van der Waals surface area contributed by atoms with Gasteiger partial charge in [-0.2, -0.15) is 0 Å². The third-order valence-corrected chi connectivity index (χ3v) is 2.53. The second-order valence-electron chi connectivity index (χ2n) is 3.98. The molecule has 1 aromatic rings. The predicted octanol–water partition coefficient (Wildman–Crippen LogP) is 2.90. The lowest BCUT2D eigenvalue weighted by atomic mass is 10.0. The molecule has 0 aliphatic rings. The van der Waals surface area contributed by atoms with Crippen LogP contribution in [-0.2, 0) is 6.42 Å². The van der Waals surface area contributed by atoms with Gasteiger partial charge in [0.1, 0.15) is 11.6 Å². The Morgan fingerprint density at radius 3 is 2.47 bits per heavy atom. The Morgan fingerprint density at radius 1 is 1.29 bits per heavy atom. The average molecular weight is 237 g/mol. The molecule has 0 spiro atoms. The van der Waals surface area contributed by atoms with E-state index >= 15 is 0 Å². The molecular formula is C14H17F2N. The van der Waals surface area contributed by atoms with Crippen molar-refractivity contribution in [2.45, 2.75) is 32.2 Å². The molecule has 1 nitrogen and oxygen atoms in total. The van der Waals surface area contributed by atoms with E-state index in [9.17, 15) is 8.78 Å². The standard InChI is InChI=1S/C14H17F2N/c1-3-5-6-14(17-4-2)9-11-7-12(15)10-13(16)8-11/h1,7-8,10,14,17H,4-6,9H2,2H3. The minimum Gasteiger partial charge on any atom is -0.314 e. The molecule has 0 aliphatic heterocycles. The molecule has 0 bridgehead atoms. The van der Waals surface area contributed by atoms with E-state index in [4.69, 9.17) is 6.42 Å². The fraction of sp³-hybridized carbons (Fsp3) is 0.429. The lowest BCUT2D eigenvalue weighted by Gasteiger charge is -2.16. The van der Waals surface area contributed by atoms with E-state index in [0.29, 0.717) is 18.4 Å². The zero-order valence-corrected chi connectivity index (χ0v) is 9.97. The molecule has 1 atom stereocenters. The van der Waals surface area contributed by atoms with Crippen molar-refractivity contribution in [2.75, 3.05) is 6.54 Å². The van der Waals surface area contributed by atoms with Gasteiger partial charge < -0.3 is 5.32 Å². The maximum atomic E-state index is 13.0. The second-order valence-corrected chi connectivity index (χ2v) is 3.98. The Bertz CT molecular complexity index is 375. The van der Waals surface area contributed by atoms with Crippen LogP contribution in [0.2, 0.25) is 0 Å². The number of hydrogen-bond acceptors (Lipinski definition) is 1. The van der Waals surface area contributed by atoms with Gasteiger partial charge in [-0.1, -0.05) is 6.92 Å². The third kappa shape index (κ3) is 4.97. The first kappa shape index (κ1) is 13.7. The summed E-state index contributed by atoms with van der Waals surface area (Å²) in [4.78, 5) is 0. The van der Waals surface area contributed by atoms with Crippen LogP contribution in [0.1, 0.15) is 25.3 Å². The van der Waals surface area contributed by atoms with E-state index < -0.39 is 11.6 Å². The highest BCUT2D eigenvalue weighted by molar-refractivity contribution is 5.19. The van der Waals surface area contributed by atoms with E-state index in [1.807, 2.05) is 6.92 Å². The zero-order chi connectivity index (χ0) is 12.7. The van der Waals surface area contributed by atoms with Gasteiger partial charge in [-0.05, 0) is 37.1 Å². The Hall–Kier alpha value is -1.40. The van der Waals surface area contributed by atoms with Crippen LogP contribution in [0.25, 0.3) is 0 Å². The molecule has 0 heterocycles. The van der Waals surface area contributed by atoms with E-state index in [1.165, 1.54) is 12.1 Å². The van der Waals surface area contributed by atoms with Crippen molar-refractivity contribution in [1.82, 2.24) is 5.32 Å². The molecule has 0 saturated heterocycles. The molecule has 0 aromatic heterocycles. The Morgan fingerprint density at radius 2 is 1.94 bits per heavy atom. The largest absolute Gasteiger partial charge is 0.314 e. The Kier molecular flexibility index (Phi) is 5.65. The van der Waals surface area contributed by atoms with E-state index in [1.54, 1.807) is 0 Å². The van der Waals surface area contributed by atoms with Gasteiger partial charge in [0.2, 0.25) is 0 Å². The summed E-state index contributed by atoms with van der Waals surface area (Å²) >= 11 is 0. The topological polar surface area (TPSA) is 12.0 Å². The number of nitrogens with one attached hydrogen (secondary N) is 1.